The Balaban J connectivity index is 1.82. The number of hydrogen-bond donors (Lipinski definition) is 1. The molecule has 19 heavy (non-hydrogen) atoms. The SMILES string of the molecule is Nc1ccc2c(c1)OCC(=O)N2CC1CCCCO1. The van der Waals surface area contributed by atoms with Gasteiger partial charge in [-0.3, -0.25) is 4.79 Å². The fraction of sp³-hybridized carbons (Fsp3) is 0.500. The fourth-order valence-corrected chi connectivity index (χ4v) is 2.58. The summed E-state index contributed by atoms with van der Waals surface area (Å²) in [4.78, 5) is 13.8. The van der Waals surface area contributed by atoms with E-state index in [0.29, 0.717) is 18.0 Å². The van der Waals surface area contributed by atoms with Gasteiger partial charge in [-0.15, -0.1) is 0 Å². The molecule has 5 heteroatoms. The van der Waals surface area contributed by atoms with E-state index in [1.165, 1.54) is 0 Å². The van der Waals surface area contributed by atoms with Gasteiger partial charge in [-0.05, 0) is 31.4 Å². The molecule has 0 bridgehead atoms. The maximum Gasteiger partial charge on any atom is 0.265 e. The van der Waals surface area contributed by atoms with E-state index in [0.717, 1.165) is 31.6 Å². The van der Waals surface area contributed by atoms with Gasteiger partial charge in [-0.25, -0.2) is 0 Å². The molecular formula is C14H18N2O3. The second-order valence-corrected chi connectivity index (χ2v) is 5.01. The van der Waals surface area contributed by atoms with Gasteiger partial charge in [0, 0.05) is 18.4 Å². The van der Waals surface area contributed by atoms with E-state index in [4.69, 9.17) is 15.2 Å². The van der Waals surface area contributed by atoms with E-state index in [9.17, 15) is 4.79 Å². The van der Waals surface area contributed by atoms with Crippen LogP contribution in [0.25, 0.3) is 0 Å². The van der Waals surface area contributed by atoms with Crippen molar-refractivity contribution in [2.24, 2.45) is 0 Å². The lowest BCUT2D eigenvalue weighted by Gasteiger charge is -2.33. The Morgan fingerprint density at radius 2 is 2.26 bits per heavy atom. The number of benzene rings is 1. The molecule has 2 aliphatic rings. The smallest absolute Gasteiger partial charge is 0.265 e. The Hall–Kier alpha value is -1.75. The van der Waals surface area contributed by atoms with Crippen molar-refractivity contribution < 1.29 is 14.3 Å². The predicted molar refractivity (Wildman–Crippen MR) is 72.3 cm³/mol. The van der Waals surface area contributed by atoms with Crippen LogP contribution in [0.2, 0.25) is 0 Å². The molecule has 1 unspecified atom stereocenters. The van der Waals surface area contributed by atoms with Gasteiger partial charge in [-0.2, -0.15) is 0 Å². The van der Waals surface area contributed by atoms with Crippen molar-refractivity contribution in [2.45, 2.75) is 25.4 Å². The highest BCUT2D eigenvalue weighted by Crippen LogP contribution is 2.34. The van der Waals surface area contributed by atoms with Crippen LogP contribution in [0.15, 0.2) is 18.2 Å². The molecule has 0 saturated carbocycles. The Morgan fingerprint density at radius 3 is 3.05 bits per heavy atom. The summed E-state index contributed by atoms with van der Waals surface area (Å²) in [6, 6.07) is 5.39. The first-order valence-electron chi connectivity index (χ1n) is 6.68. The maximum absolute atomic E-state index is 12.0. The van der Waals surface area contributed by atoms with E-state index >= 15 is 0 Å². The normalized spacial score (nSPS) is 22.8. The first-order valence-corrected chi connectivity index (χ1v) is 6.68. The van der Waals surface area contributed by atoms with E-state index in [2.05, 4.69) is 0 Å². The molecule has 0 spiro atoms. The molecule has 2 aliphatic heterocycles. The van der Waals surface area contributed by atoms with Crippen molar-refractivity contribution in [3.8, 4) is 5.75 Å². The Bertz CT molecular complexity index is 484. The van der Waals surface area contributed by atoms with E-state index in [-0.39, 0.29) is 18.6 Å². The van der Waals surface area contributed by atoms with Gasteiger partial charge in [-0.1, -0.05) is 0 Å². The number of rotatable bonds is 2. The molecular weight excluding hydrogens is 244 g/mol. The van der Waals surface area contributed by atoms with Crippen LogP contribution >= 0.6 is 0 Å². The van der Waals surface area contributed by atoms with Gasteiger partial charge in [0.05, 0.1) is 18.3 Å². The summed E-state index contributed by atoms with van der Waals surface area (Å²) in [6.45, 7) is 1.46. The van der Waals surface area contributed by atoms with Crippen LogP contribution in [0.1, 0.15) is 19.3 Å². The van der Waals surface area contributed by atoms with Crippen molar-refractivity contribution in [1.82, 2.24) is 0 Å². The zero-order chi connectivity index (χ0) is 13.2. The zero-order valence-electron chi connectivity index (χ0n) is 10.8. The molecule has 3 rings (SSSR count). The largest absolute Gasteiger partial charge is 0.481 e. The first kappa shape index (κ1) is 12.3. The van der Waals surface area contributed by atoms with E-state index in [1.54, 1.807) is 17.0 Å². The number of amides is 1. The number of nitrogens with two attached hydrogens (primary N) is 1. The minimum absolute atomic E-state index is 0.0218. The molecule has 1 amide bonds. The number of ether oxygens (including phenoxy) is 2. The van der Waals surface area contributed by atoms with Crippen molar-refractivity contribution >= 4 is 17.3 Å². The van der Waals surface area contributed by atoms with Crippen LogP contribution in [0.4, 0.5) is 11.4 Å². The molecule has 2 N–H and O–H groups in total. The molecule has 1 saturated heterocycles. The topological polar surface area (TPSA) is 64.8 Å². The molecule has 102 valence electrons. The molecule has 0 aliphatic carbocycles. The van der Waals surface area contributed by atoms with Gasteiger partial charge < -0.3 is 20.1 Å². The number of nitrogen functional groups attached to an aromatic ring is 1. The number of nitrogens with zero attached hydrogens (tertiary/aromatic N) is 1. The summed E-state index contributed by atoms with van der Waals surface area (Å²) in [5.74, 6) is 0.654. The summed E-state index contributed by atoms with van der Waals surface area (Å²) in [5, 5.41) is 0. The standard InChI is InChI=1S/C14H18N2O3/c15-10-4-5-12-13(7-10)19-9-14(17)16(12)8-11-3-1-2-6-18-11/h4-5,7,11H,1-3,6,8-9,15H2. The number of hydrogen-bond acceptors (Lipinski definition) is 4. The van der Waals surface area contributed by atoms with Crippen LogP contribution < -0.4 is 15.4 Å². The third-order valence-corrected chi connectivity index (χ3v) is 3.59. The van der Waals surface area contributed by atoms with Crippen molar-refractivity contribution in [1.29, 1.82) is 0 Å². The highest BCUT2D eigenvalue weighted by atomic mass is 16.5. The van der Waals surface area contributed by atoms with Crippen LogP contribution in [0.5, 0.6) is 5.75 Å². The summed E-state index contributed by atoms with van der Waals surface area (Å²) in [6.07, 6.45) is 3.41. The quantitative estimate of drug-likeness (QED) is 0.821. The lowest BCUT2D eigenvalue weighted by Crippen LogP contribution is -2.44. The van der Waals surface area contributed by atoms with Gasteiger partial charge in [0.1, 0.15) is 5.75 Å². The number of anilines is 2. The van der Waals surface area contributed by atoms with Crippen molar-refractivity contribution in [3.63, 3.8) is 0 Å². The number of fused-ring (bicyclic) bond motifs is 1. The first-order chi connectivity index (χ1) is 9.24. The summed E-state index contributed by atoms with van der Waals surface area (Å²) >= 11 is 0. The average molecular weight is 262 g/mol. The van der Waals surface area contributed by atoms with Crippen molar-refractivity contribution in [3.05, 3.63) is 18.2 Å². The summed E-state index contributed by atoms with van der Waals surface area (Å²) < 4.78 is 11.1. The predicted octanol–water partition coefficient (Wildman–Crippen LogP) is 1.56. The highest BCUT2D eigenvalue weighted by molar-refractivity contribution is 5.98. The van der Waals surface area contributed by atoms with E-state index in [1.807, 2.05) is 6.07 Å². The molecule has 5 nitrogen and oxygen atoms in total. The third-order valence-electron chi connectivity index (χ3n) is 3.59. The van der Waals surface area contributed by atoms with Gasteiger partial charge >= 0.3 is 0 Å². The molecule has 0 aromatic heterocycles. The number of carbonyl (C=O) groups excluding carboxylic acids is 1. The Labute approximate surface area is 112 Å². The molecule has 0 radical (unpaired) electrons. The van der Waals surface area contributed by atoms with E-state index < -0.39 is 0 Å². The van der Waals surface area contributed by atoms with Crippen LogP contribution in [-0.4, -0.2) is 31.8 Å². The lowest BCUT2D eigenvalue weighted by molar-refractivity contribution is -0.122. The lowest BCUT2D eigenvalue weighted by atomic mass is 10.1. The second-order valence-electron chi connectivity index (χ2n) is 5.01. The maximum atomic E-state index is 12.0. The molecule has 2 heterocycles. The van der Waals surface area contributed by atoms with Gasteiger partial charge in [0.25, 0.3) is 5.91 Å². The van der Waals surface area contributed by atoms with Gasteiger partial charge in [0.15, 0.2) is 6.61 Å². The Morgan fingerprint density at radius 1 is 1.37 bits per heavy atom. The third kappa shape index (κ3) is 2.51. The molecule has 1 aromatic carbocycles. The monoisotopic (exact) mass is 262 g/mol. The minimum Gasteiger partial charge on any atom is -0.481 e. The molecule has 1 fully saturated rings. The van der Waals surface area contributed by atoms with Gasteiger partial charge in [0.2, 0.25) is 0 Å². The summed E-state index contributed by atoms with van der Waals surface area (Å²) in [7, 11) is 0. The molecule has 1 aromatic rings. The summed E-state index contributed by atoms with van der Waals surface area (Å²) in [5.41, 5.74) is 7.17. The Kier molecular flexibility index (Phi) is 3.29. The van der Waals surface area contributed by atoms with Crippen molar-refractivity contribution in [2.75, 3.05) is 30.4 Å². The average Bonchev–Trinajstić information content (AvgIpc) is 2.43. The molecule has 1 atom stereocenters. The van der Waals surface area contributed by atoms with Crippen LogP contribution in [0.3, 0.4) is 0 Å². The zero-order valence-corrected chi connectivity index (χ0v) is 10.8. The van der Waals surface area contributed by atoms with Crippen LogP contribution in [-0.2, 0) is 9.53 Å². The highest BCUT2D eigenvalue weighted by Gasteiger charge is 2.28. The van der Waals surface area contributed by atoms with Crippen LogP contribution in [0, 0.1) is 0 Å². The second kappa shape index (κ2) is 5.09. The fourth-order valence-electron chi connectivity index (χ4n) is 2.58. The minimum atomic E-state index is -0.0218. The number of carbonyl (C=O) groups is 1.